The van der Waals surface area contributed by atoms with Crippen LogP contribution in [-0.2, 0) is 17.6 Å². The fourth-order valence-electron chi connectivity index (χ4n) is 2.83. The van der Waals surface area contributed by atoms with Crippen LogP contribution in [0.25, 0.3) is 11.4 Å². The molecule has 0 amide bonds. The number of para-hydroxylation sites is 2. The zero-order valence-electron chi connectivity index (χ0n) is 20.1. The van der Waals surface area contributed by atoms with Gasteiger partial charge in [0.1, 0.15) is 12.7 Å². The minimum atomic E-state index is -0.813. The highest BCUT2D eigenvalue weighted by Gasteiger charge is 2.07. The third-order valence-electron chi connectivity index (χ3n) is 4.20. The van der Waals surface area contributed by atoms with Crippen molar-refractivity contribution in [1.82, 2.24) is 40.4 Å². The smallest absolute Gasteiger partial charge is 0.303 e. The zero-order valence-corrected chi connectivity index (χ0v) is 20.1. The fraction of sp³-hybridized carbons (Fsp3) is 0.348. The van der Waals surface area contributed by atoms with Crippen LogP contribution in [0, 0.1) is 0 Å². The van der Waals surface area contributed by atoms with Crippen LogP contribution in [-0.4, -0.2) is 58.0 Å². The quantitative estimate of drug-likeness (QED) is 0.418. The molecule has 0 atom stereocenters. The molecule has 4 aromatic rings. The van der Waals surface area contributed by atoms with Gasteiger partial charge in [-0.05, 0) is 63.5 Å². The van der Waals surface area contributed by atoms with E-state index in [1.54, 1.807) is 11.0 Å². The first-order valence-corrected chi connectivity index (χ1v) is 11.2. The highest BCUT2D eigenvalue weighted by atomic mass is 16.4. The fourth-order valence-corrected chi connectivity index (χ4v) is 2.83. The summed E-state index contributed by atoms with van der Waals surface area (Å²) in [7, 11) is 0. The van der Waals surface area contributed by atoms with Crippen LogP contribution < -0.4 is 5.73 Å². The van der Waals surface area contributed by atoms with Crippen molar-refractivity contribution >= 4 is 5.97 Å². The lowest BCUT2D eigenvalue weighted by Gasteiger charge is -2.06. The van der Waals surface area contributed by atoms with E-state index in [9.17, 15) is 4.79 Å². The largest absolute Gasteiger partial charge is 0.481 e. The summed E-state index contributed by atoms with van der Waals surface area (Å²) in [5.41, 5.74) is 9.39. The zero-order chi connectivity index (χ0) is 25.2. The van der Waals surface area contributed by atoms with E-state index in [1.807, 2.05) is 76.2 Å². The highest BCUT2D eigenvalue weighted by molar-refractivity contribution is 5.67. The molecule has 182 valence electrons. The van der Waals surface area contributed by atoms with Gasteiger partial charge in [-0.1, -0.05) is 64.1 Å². The van der Waals surface area contributed by atoms with E-state index in [-0.39, 0.29) is 6.42 Å². The van der Waals surface area contributed by atoms with E-state index in [2.05, 4.69) is 31.1 Å². The lowest BCUT2D eigenvalue weighted by molar-refractivity contribution is -0.136. The van der Waals surface area contributed by atoms with Gasteiger partial charge in [0.05, 0.1) is 11.4 Å². The first-order valence-electron chi connectivity index (χ1n) is 11.2. The second kappa shape index (κ2) is 16.6. The second-order valence-electron chi connectivity index (χ2n) is 6.20. The lowest BCUT2D eigenvalue weighted by Crippen LogP contribution is -2.07. The number of hydrogen-bond donors (Lipinski definition) is 2. The van der Waals surface area contributed by atoms with E-state index in [0.717, 1.165) is 28.9 Å². The van der Waals surface area contributed by atoms with Gasteiger partial charge in [0.25, 0.3) is 0 Å². The van der Waals surface area contributed by atoms with Crippen molar-refractivity contribution < 1.29 is 9.90 Å². The van der Waals surface area contributed by atoms with Gasteiger partial charge in [-0.15, -0.1) is 10.2 Å². The summed E-state index contributed by atoms with van der Waals surface area (Å²) in [5.74, 6) is -0.813. The molecule has 11 nitrogen and oxygen atoms in total. The van der Waals surface area contributed by atoms with Gasteiger partial charge in [0, 0.05) is 6.42 Å². The molecule has 3 N–H and O–H groups in total. The number of carbonyl (C=O) groups is 1. The number of aromatic nitrogens is 8. The number of hydrogen-bond acceptors (Lipinski definition) is 8. The molecule has 0 aliphatic heterocycles. The van der Waals surface area contributed by atoms with Crippen molar-refractivity contribution in [2.45, 2.75) is 47.0 Å². The molecular weight excluding hydrogens is 434 g/mol. The molecule has 4 rings (SSSR count). The van der Waals surface area contributed by atoms with Crippen LogP contribution in [0.1, 0.15) is 45.2 Å². The van der Waals surface area contributed by atoms with Gasteiger partial charge in [-0.3, -0.25) is 4.79 Å². The number of benzene rings is 2. The Bertz CT molecular complexity index is 1050. The molecule has 2 aromatic heterocycles. The van der Waals surface area contributed by atoms with E-state index < -0.39 is 5.97 Å². The topological polar surface area (TPSA) is 151 Å². The molecule has 11 heteroatoms. The molecule has 0 saturated heterocycles. The minimum absolute atomic E-state index is 0.0964. The second-order valence-corrected chi connectivity index (χ2v) is 6.20. The Labute approximate surface area is 199 Å². The van der Waals surface area contributed by atoms with Gasteiger partial charge < -0.3 is 10.8 Å². The van der Waals surface area contributed by atoms with Crippen molar-refractivity contribution in [3.8, 4) is 11.4 Å². The first-order chi connectivity index (χ1) is 16.7. The van der Waals surface area contributed by atoms with E-state index >= 15 is 0 Å². The van der Waals surface area contributed by atoms with Crippen molar-refractivity contribution in [2.24, 2.45) is 5.73 Å². The van der Waals surface area contributed by atoms with Gasteiger partial charge in [0.2, 0.25) is 0 Å². The summed E-state index contributed by atoms with van der Waals surface area (Å²) < 4.78 is 3.17. The van der Waals surface area contributed by atoms with E-state index in [1.165, 1.54) is 11.0 Å². The first kappa shape index (κ1) is 28.0. The minimum Gasteiger partial charge on any atom is -0.481 e. The Morgan fingerprint density at radius 3 is 1.62 bits per heavy atom. The van der Waals surface area contributed by atoms with Crippen LogP contribution in [0.15, 0.2) is 61.2 Å². The monoisotopic (exact) mass is 467 g/mol. The number of carboxylic acids is 1. The van der Waals surface area contributed by atoms with Gasteiger partial charge in [0.15, 0.2) is 0 Å². The Balaban J connectivity index is 0.000000299. The summed E-state index contributed by atoms with van der Waals surface area (Å²) >= 11 is 0. The van der Waals surface area contributed by atoms with Crippen molar-refractivity contribution in [1.29, 1.82) is 0 Å². The average molecular weight is 468 g/mol. The predicted octanol–water partition coefficient (Wildman–Crippen LogP) is 2.90. The molecule has 0 unspecified atom stereocenters. The molecule has 0 fully saturated rings. The summed E-state index contributed by atoms with van der Waals surface area (Å²) in [5, 5.41) is 30.6. The normalized spacial score (nSPS) is 9.44. The van der Waals surface area contributed by atoms with Crippen LogP contribution in [0.2, 0.25) is 0 Å². The SMILES string of the molecule is CC.CC.NCCc1ccccc1-n1cnnn1.O=C(O)CCc1ccccc1-n1cnnn1. The van der Waals surface area contributed by atoms with Crippen LogP contribution in [0.5, 0.6) is 0 Å². The molecule has 0 bridgehead atoms. The average Bonchev–Trinajstić information content (AvgIpc) is 3.61. The predicted molar refractivity (Wildman–Crippen MR) is 130 cm³/mol. The third kappa shape index (κ3) is 8.87. The maximum atomic E-state index is 10.5. The number of nitrogens with two attached hydrogens (primary N) is 1. The van der Waals surface area contributed by atoms with Gasteiger partial charge >= 0.3 is 5.97 Å². The Morgan fingerprint density at radius 1 is 0.794 bits per heavy atom. The number of aryl methyl sites for hydroxylation is 1. The Morgan fingerprint density at radius 2 is 1.24 bits per heavy atom. The maximum Gasteiger partial charge on any atom is 0.303 e. The number of rotatable bonds is 7. The number of aliphatic carboxylic acids is 1. The third-order valence-corrected chi connectivity index (χ3v) is 4.20. The number of nitrogens with zero attached hydrogens (tertiary/aromatic N) is 8. The van der Waals surface area contributed by atoms with Crippen molar-refractivity contribution in [3.05, 3.63) is 72.3 Å². The summed E-state index contributed by atoms with van der Waals surface area (Å²) in [6, 6.07) is 15.4. The summed E-state index contributed by atoms with van der Waals surface area (Å²) in [4.78, 5) is 10.5. The van der Waals surface area contributed by atoms with Crippen molar-refractivity contribution in [2.75, 3.05) is 6.54 Å². The highest BCUT2D eigenvalue weighted by Crippen LogP contribution is 2.14. The molecule has 0 saturated carbocycles. The van der Waals surface area contributed by atoms with E-state index in [4.69, 9.17) is 10.8 Å². The molecule has 0 radical (unpaired) electrons. The molecule has 0 aliphatic carbocycles. The molecule has 0 spiro atoms. The van der Waals surface area contributed by atoms with Gasteiger partial charge in [-0.25, -0.2) is 9.36 Å². The summed E-state index contributed by atoms with van der Waals surface area (Å²) in [6.07, 6.45) is 4.45. The van der Waals surface area contributed by atoms with Crippen LogP contribution in [0.4, 0.5) is 0 Å². The Kier molecular flexibility index (Phi) is 13.7. The van der Waals surface area contributed by atoms with Gasteiger partial charge in [-0.2, -0.15) is 0 Å². The molecule has 2 heterocycles. The van der Waals surface area contributed by atoms with Crippen molar-refractivity contribution in [3.63, 3.8) is 0 Å². The van der Waals surface area contributed by atoms with Crippen LogP contribution >= 0.6 is 0 Å². The lowest BCUT2D eigenvalue weighted by atomic mass is 10.1. The van der Waals surface area contributed by atoms with E-state index in [0.29, 0.717) is 13.0 Å². The summed E-state index contributed by atoms with van der Waals surface area (Å²) in [6.45, 7) is 8.62. The molecular formula is C23H33N9O2. The maximum absolute atomic E-state index is 10.5. The number of carboxylic acid groups (broad SMARTS) is 1. The number of tetrazole rings is 2. The van der Waals surface area contributed by atoms with Crippen LogP contribution in [0.3, 0.4) is 0 Å². The molecule has 0 aliphatic rings. The standard InChI is InChI=1S/C10H10N4O2.C9H11N5.2C2H6/c15-10(16)6-5-8-3-1-2-4-9(8)14-7-11-12-13-14;10-6-5-8-3-1-2-4-9(8)14-7-11-12-13-14;2*1-2/h1-4,7H,5-6H2,(H,15,16);1-4,7H,5-6,10H2;2*1-2H3. The Hall–Kier alpha value is -3.99. The molecule has 34 heavy (non-hydrogen) atoms. The molecule has 2 aromatic carbocycles.